The Balaban J connectivity index is 1.25. The number of carboxylic acid groups (broad SMARTS) is 1. The van der Waals surface area contributed by atoms with Gasteiger partial charge in [0.2, 0.25) is 0 Å². The maximum absolute atomic E-state index is 13.7. The molecule has 0 radical (unpaired) electrons. The van der Waals surface area contributed by atoms with E-state index in [-0.39, 0.29) is 37.8 Å². The molecule has 0 saturated carbocycles. The molecule has 15 nitrogen and oxygen atoms in total. The van der Waals surface area contributed by atoms with Crippen molar-refractivity contribution in [3.8, 4) is 24.2 Å². The smallest absolute Gasteiger partial charge is 0.465 e. The van der Waals surface area contributed by atoms with E-state index in [0.29, 0.717) is 31.6 Å². The third kappa shape index (κ3) is 12.7. The van der Waals surface area contributed by atoms with Gasteiger partial charge in [0.15, 0.2) is 0 Å². The molecular formula is C49H54F3N5O10Si. The van der Waals surface area contributed by atoms with E-state index in [9.17, 15) is 42.3 Å². The predicted octanol–water partition coefficient (Wildman–Crippen LogP) is 4.97. The number of nitrogens with one attached hydrogen (secondary N) is 2. The SMILES string of the molecule is C#Cc1ccc(CN(CCOC(=O)O[C@H]2C[C@H](n3cc(C#CCNC(=O)C(F)(F)F)c(=O)[nH]c3=O)O[C@@H]2CO[Si](c2ccccc2)(c2ccccc2)C(C)(C)C)CC2CCCCN2C(=O)O)cc1. The normalized spacial score (nSPS) is 18.5. The maximum atomic E-state index is 13.7. The van der Waals surface area contributed by atoms with Crippen LogP contribution in [0.3, 0.4) is 0 Å². The summed E-state index contributed by atoms with van der Waals surface area (Å²) >= 11 is 0. The molecule has 1 aromatic heterocycles. The van der Waals surface area contributed by atoms with Crippen LogP contribution >= 0.6 is 0 Å². The van der Waals surface area contributed by atoms with Crippen LogP contribution in [0.1, 0.15) is 69.4 Å². The van der Waals surface area contributed by atoms with Gasteiger partial charge in [0.1, 0.15) is 30.6 Å². The molecule has 2 aliphatic heterocycles. The number of piperidine rings is 1. The van der Waals surface area contributed by atoms with Crippen molar-refractivity contribution in [1.82, 2.24) is 24.7 Å². The quantitative estimate of drug-likeness (QED) is 0.0832. The van der Waals surface area contributed by atoms with Gasteiger partial charge in [-0.2, -0.15) is 13.2 Å². The Hall–Kier alpha value is -6.64. The first-order valence-electron chi connectivity index (χ1n) is 22.1. The number of benzene rings is 3. The van der Waals surface area contributed by atoms with E-state index < -0.39 is 73.9 Å². The molecule has 2 saturated heterocycles. The first-order chi connectivity index (χ1) is 32.4. The second-order valence-corrected chi connectivity index (χ2v) is 21.8. The highest BCUT2D eigenvalue weighted by Crippen LogP contribution is 2.38. The lowest BCUT2D eigenvalue weighted by Crippen LogP contribution is -2.67. The number of carbonyl (C=O) groups is 3. The van der Waals surface area contributed by atoms with Crippen LogP contribution in [0.5, 0.6) is 0 Å². The van der Waals surface area contributed by atoms with Gasteiger partial charge in [0.05, 0.1) is 13.2 Å². The highest BCUT2D eigenvalue weighted by Gasteiger charge is 2.52. The molecular weight excluding hydrogens is 904 g/mol. The zero-order valence-corrected chi connectivity index (χ0v) is 38.9. The molecule has 1 unspecified atom stereocenters. The van der Waals surface area contributed by atoms with Crippen LogP contribution in [0.15, 0.2) is 101 Å². The van der Waals surface area contributed by atoms with Crippen molar-refractivity contribution < 1.29 is 51.3 Å². The Kier molecular flexibility index (Phi) is 16.7. The molecule has 2 aliphatic rings. The molecule has 4 atom stereocenters. The molecule has 19 heteroatoms. The van der Waals surface area contributed by atoms with Gasteiger partial charge in [-0.25, -0.2) is 14.4 Å². The standard InChI is InChI=1S/C49H54F3N5O10Si/c1-5-34-21-23-35(24-22-34)30-55(32-37-16-12-13-26-56(37)46(61)62)27-28-64-47(63)67-40-29-42(57-31-36(43(58)54-45(57)60)15-14-25-53-44(59)49(50,51)52)66-41(40)33-65-68(48(2,3)4,38-17-8-6-9-18-38)39-19-10-7-11-20-39/h1,6-11,17-24,31,37,40-42H,12-13,16,25-30,32-33H2,2-4H3,(H,53,59)(H,61,62)(H,54,58,60)/t37?,40-,41+,42+/m0/s1. The van der Waals surface area contributed by atoms with Gasteiger partial charge < -0.3 is 34.0 Å². The molecule has 6 rings (SSSR count). The van der Waals surface area contributed by atoms with Gasteiger partial charge in [-0.3, -0.25) is 24.0 Å². The van der Waals surface area contributed by atoms with Crippen molar-refractivity contribution in [3.63, 3.8) is 0 Å². The molecule has 3 heterocycles. The summed E-state index contributed by atoms with van der Waals surface area (Å²) in [5, 5.41) is 13.0. The summed E-state index contributed by atoms with van der Waals surface area (Å²) in [4.78, 5) is 68.7. The fourth-order valence-electron chi connectivity index (χ4n) is 8.62. The van der Waals surface area contributed by atoms with Crippen molar-refractivity contribution in [1.29, 1.82) is 0 Å². The lowest BCUT2D eigenvalue weighted by atomic mass is 10.0. The number of aromatic amines is 1. The summed E-state index contributed by atoms with van der Waals surface area (Å²) < 4.78 is 64.3. The zero-order chi connectivity index (χ0) is 49.1. The molecule has 3 N–H and O–H groups in total. The summed E-state index contributed by atoms with van der Waals surface area (Å²) in [6.07, 6.45) is -1.59. The average Bonchev–Trinajstić information content (AvgIpc) is 3.70. The zero-order valence-electron chi connectivity index (χ0n) is 37.9. The highest BCUT2D eigenvalue weighted by molar-refractivity contribution is 6.99. The number of aromatic nitrogens is 2. The number of terminal acetylenes is 1. The molecule has 2 amide bonds. The van der Waals surface area contributed by atoms with Crippen molar-refractivity contribution in [2.24, 2.45) is 0 Å². The van der Waals surface area contributed by atoms with E-state index >= 15 is 0 Å². The van der Waals surface area contributed by atoms with Gasteiger partial charge in [-0.15, -0.1) is 6.42 Å². The Labute approximate surface area is 392 Å². The number of rotatable bonds is 15. The van der Waals surface area contributed by atoms with E-state index in [1.165, 1.54) is 4.90 Å². The van der Waals surface area contributed by atoms with Crippen LogP contribution in [0, 0.1) is 24.2 Å². The number of hydrogen-bond donors (Lipinski definition) is 3. The van der Waals surface area contributed by atoms with E-state index in [2.05, 4.69) is 43.5 Å². The number of amides is 2. The summed E-state index contributed by atoms with van der Waals surface area (Å²) in [6.45, 7) is 6.69. The van der Waals surface area contributed by atoms with Crippen molar-refractivity contribution >= 4 is 36.8 Å². The molecule has 4 aromatic rings. The number of H-pyrrole nitrogens is 1. The van der Waals surface area contributed by atoms with Gasteiger partial charge in [0.25, 0.3) is 13.9 Å². The fraction of sp³-hybridized carbons (Fsp3) is 0.408. The van der Waals surface area contributed by atoms with Crippen LogP contribution in [-0.2, 0) is 30.0 Å². The monoisotopic (exact) mass is 957 g/mol. The third-order valence-electron chi connectivity index (χ3n) is 11.9. The Bertz CT molecular complexity index is 2560. The van der Waals surface area contributed by atoms with Crippen molar-refractivity contribution in [3.05, 3.63) is 129 Å². The van der Waals surface area contributed by atoms with Crippen LogP contribution < -0.4 is 26.9 Å². The summed E-state index contributed by atoms with van der Waals surface area (Å²) in [7, 11) is -3.20. The van der Waals surface area contributed by atoms with E-state index in [1.54, 1.807) is 5.32 Å². The lowest BCUT2D eigenvalue weighted by molar-refractivity contribution is -0.173. The lowest BCUT2D eigenvalue weighted by Gasteiger charge is -2.43. The third-order valence-corrected chi connectivity index (χ3v) is 16.9. The number of likely N-dealkylation sites (tertiary alicyclic amines) is 1. The molecule has 3 aromatic carbocycles. The molecule has 0 bridgehead atoms. The second-order valence-electron chi connectivity index (χ2n) is 17.5. The van der Waals surface area contributed by atoms with Gasteiger partial charge in [-0.05, 0) is 52.4 Å². The van der Waals surface area contributed by atoms with Gasteiger partial charge in [0, 0.05) is 50.4 Å². The maximum Gasteiger partial charge on any atom is 0.508 e. The van der Waals surface area contributed by atoms with Gasteiger partial charge >= 0.3 is 30.0 Å². The number of hydrogen-bond acceptors (Lipinski definition) is 10. The van der Waals surface area contributed by atoms with E-state index in [0.717, 1.165) is 39.5 Å². The number of nitrogens with zero attached hydrogens (tertiary/aromatic N) is 3. The summed E-state index contributed by atoms with van der Waals surface area (Å²) in [5.41, 5.74) is -0.520. The van der Waals surface area contributed by atoms with Crippen LogP contribution in [0.25, 0.3) is 0 Å². The fourth-order valence-corrected chi connectivity index (χ4v) is 13.2. The molecule has 0 aliphatic carbocycles. The molecule has 360 valence electrons. The minimum Gasteiger partial charge on any atom is -0.465 e. The minimum absolute atomic E-state index is 0.126. The minimum atomic E-state index is -5.13. The number of alkyl halides is 3. The summed E-state index contributed by atoms with van der Waals surface area (Å²) in [5.74, 6) is 5.06. The van der Waals surface area contributed by atoms with Crippen LogP contribution in [-0.4, -0.2) is 115 Å². The Morgan fingerprint density at radius 2 is 1.65 bits per heavy atom. The first kappa shape index (κ1) is 50.8. The molecule has 68 heavy (non-hydrogen) atoms. The molecule has 0 spiro atoms. The van der Waals surface area contributed by atoms with E-state index in [4.69, 9.17) is 25.1 Å². The first-order valence-corrected chi connectivity index (χ1v) is 24.0. The predicted molar refractivity (Wildman–Crippen MR) is 248 cm³/mol. The largest absolute Gasteiger partial charge is 0.508 e. The number of halogens is 3. The Morgan fingerprint density at radius 3 is 2.25 bits per heavy atom. The van der Waals surface area contributed by atoms with Gasteiger partial charge in [-0.1, -0.05) is 111 Å². The number of ether oxygens (including phenoxy) is 3. The average molecular weight is 958 g/mol. The topological polar surface area (TPSA) is 182 Å². The molecule has 2 fully saturated rings. The highest BCUT2D eigenvalue weighted by atomic mass is 28.4. The van der Waals surface area contributed by atoms with Crippen LogP contribution in [0.2, 0.25) is 5.04 Å². The summed E-state index contributed by atoms with van der Waals surface area (Å²) in [6, 6.07) is 26.7. The van der Waals surface area contributed by atoms with Crippen LogP contribution in [0.4, 0.5) is 22.8 Å². The Morgan fingerprint density at radius 1 is 0.985 bits per heavy atom. The number of carbonyl (C=O) groups excluding carboxylic acids is 2. The second kappa shape index (κ2) is 22.4. The van der Waals surface area contributed by atoms with Crippen molar-refractivity contribution in [2.45, 2.75) is 88.7 Å². The van der Waals surface area contributed by atoms with E-state index in [1.807, 2.05) is 89.8 Å². The van der Waals surface area contributed by atoms with Crippen molar-refractivity contribution in [2.75, 3.05) is 39.4 Å².